The molecule has 12 nitrogen and oxygen atoms in total. The second kappa shape index (κ2) is 13.1. The lowest BCUT2D eigenvalue weighted by atomic mass is 9.95. The summed E-state index contributed by atoms with van der Waals surface area (Å²) in [7, 11) is 1.23. The van der Waals surface area contributed by atoms with E-state index in [1.807, 2.05) is 0 Å². The normalized spacial score (nSPS) is 19.9. The van der Waals surface area contributed by atoms with Crippen LogP contribution in [0.4, 0.5) is 18.9 Å². The van der Waals surface area contributed by atoms with Gasteiger partial charge in [0.2, 0.25) is 17.6 Å². The third-order valence-corrected chi connectivity index (χ3v) is 8.89. The van der Waals surface area contributed by atoms with Gasteiger partial charge in [0.05, 0.1) is 5.69 Å². The molecule has 0 saturated heterocycles. The van der Waals surface area contributed by atoms with Crippen LogP contribution >= 0.6 is 11.3 Å². The van der Waals surface area contributed by atoms with Crippen molar-refractivity contribution in [1.29, 1.82) is 0 Å². The number of pyridine rings is 1. The van der Waals surface area contributed by atoms with E-state index in [1.54, 1.807) is 0 Å². The summed E-state index contributed by atoms with van der Waals surface area (Å²) in [6, 6.07) is 1.26. The zero-order valence-electron chi connectivity index (χ0n) is 23.4. The first kappa shape index (κ1) is 31.8. The number of thiazole rings is 1. The molecule has 232 valence electrons. The Morgan fingerprint density at radius 3 is 2.51 bits per heavy atom. The largest absolute Gasteiger partial charge is 0.443 e. The van der Waals surface area contributed by atoms with Crippen LogP contribution in [0.1, 0.15) is 58.9 Å². The molecule has 2 saturated carbocycles. The summed E-state index contributed by atoms with van der Waals surface area (Å²) in [6.07, 6.45) is -0.0690. The number of halogens is 3. The molecular weight excluding hydrogens is 593 g/mol. The Balaban J connectivity index is 1.47. The van der Waals surface area contributed by atoms with Crippen molar-refractivity contribution in [1.82, 2.24) is 25.5 Å². The number of nitrogens with zero attached hydrogens (tertiary/aromatic N) is 2. The quantitative estimate of drug-likeness (QED) is 0.276. The average molecular weight is 625 g/mol. The minimum atomic E-state index is -4.79. The Morgan fingerprint density at radius 2 is 1.91 bits per heavy atom. The summed E-state index contributed by atoms with van der Waals surface area (Å²) in [6.45, 7) is 0.911. The molecule has 2 aromatic rings. The summed E-state index contributed by atoms with van der Waals surface area (Å²) in [5.41, 5.74) is -1.16. The number of Topliss-reactive ketones (excluding diaryl/α,β-unsaturated/α-hetero) is 1. The van der Waals surface area contributed by atoms with Gasteiger partial charge in [-0.05, 0) is 56.6 Å². The Labute approximate surface area is 247 Å². The lowest BCUT2D eigenvalue weighted by Gasteiger charge is -2.23. The SMILES string of the molecule is CNC(=O)C(=O)CC[C@H](NC(=O)c1sc(C(F)(F)F)nc1C)C(=O)Nc1cccn(CC(=O)N[C@@H]2CC3CCC2C3)c1=O. The van der Waals surface area contributed by atoms with E-state index < -0.39 is 64.0 Å². The van der Waals surface area contributed by atoms with Crippen LogP contribution in [0.3, 0.4) is 0 Å². The highest BCUT2D eigenvalue weighted by Gasteiger charge is 2.40. The van der Waals surface area contributed by atoms with E-state index in [4.69, 9.17) is 0 Å². The van der Waals surface area contributed by atoms with Crippen LogP contribution in [0.5, 0.6) is 0 Å². The standard InChI is InChI=1S/C27H31F3N6O6S/c1-13-21(43-26(32-13)27(28,29)30)24(41)34-16(7-8-19(37)23(40)31-2)22(39)35-17-4-3-9-36(25(17)42)12-20(38)33-18-11-14-5-6-15(18)10-14/h3-4,9,14-16,18H,5-8,10-12H2,1-2H3,(H,31,40)(H,33,38)(H,34,41)(H,35,39)/t14?,15?,16-,18+/m0/s1. The van der Waals surface area contributed by atoms with Gasteiger partial charge in [0.1, 0.15) is 23.2 Å². The first-order valence-electron chi connectivity index (χ1n) is 13.7. The number of rotatable bonds is 11. The molecule has 0 aromatic carbocycles. The number of hydrogen-bond acceptors (Lipinski definition) is 8. The monoisotopic (exact) mass is 624 g/mol. The molecule has 2 bridgehead atoms. The molecule has 2 aliphatic rings. The fourth-order valence-corrected chi connectivity index (χ4v) is 6.39. The summed E-state index contributed by atoms with van der Waals surface area (Å²) in [4.78, 5) is 78.5. The number of ketones is 1. The van der Waals surface area contributed by atoms with Gasteiger partial charge in [0, 0.05) is 25.7 Å². The zero-order valence-corrected chi connectivity index (χ0v) is 24.2. The molecule has 2 fully saturated rings. The van der Waals surface area contributed by atoms with Gasteiger partial charge in [-0.1, -0.05) is 6.42 Å². The molecule has 2 aliphatic carbocycles. The van der Waals surface area contributed by atoms with Crippen LogP contribution in [0.2, 0.25) is 0 Å². The number of alkyl halides is 3. The smallest absolute Gasteiger partial charge is 0.353 e. The molecule has 0 radical (unpaired) electrons. The van der Waals surface area contributed by atoms with E-state index in [0.717, 1.165) is 30.3 Å². The maximum atomic E-state index is 13.2. The van der Waals surface area contributed by atoms with Gasteiger partial charge in [-0.3, -0.25) is 28.8 Å². The molecule has 0 spiro atoms. The van der Waals surface area contributed by atoms with E-state index in [0.29, 0.717) is 11.8 Å². The van der Waals surface area contributed by atoms with Gasteiger partial charge in [0.25, 0.3) is 17.4 Å². The van der Waals surface area contributed by atoms with Gasteiger partial charge >= 0.3 is 6.18 Å². The molecule has 4 amide bonds. The van der Waals surface area contributed by atoms with Crippen molar-refractivity contribution in [2.45, 2.75) is 70.3 Å². The topological polar surface area (TPSA) is 168 Å². The Kier molecular flexibility index (Phi) is 9.67. The second-order valence-electron chi connectivity index (χ2n) is 10.7. The van der Waals surface area contributed by atoms with E-state index in [9.17, 15) is 41.9 Å². The van der Waals surface area contributed by atoms with Crippen LogP contribution in [-0.4, -0.2) is 58.1 Å². The molecule has 2 aromatic heterocycles. The number of aromatic nitrogens is 2. The second-order valence-corrected chi connectivity index (χ2v) is 11.7. The Bertz CT molecular complexity index is 1490. The first-order valence-corrected chi connectivity index (χ1v) is 14.5. The van der Waals surface area contributed by atoms with E-state index in [-0.39, 0.29) is 41.2 Å². The predicted molar refractivity (Wildman–Crippen MR) is 148 cm³/mol. The van der Waals surface area contributed by atoms with Gasteiger partial charge in [-0.15, -0.1) is 11.3 Å². The molecule has 4 rings (SSSR count). The highest BCUT2D eigenvalue weighted by Crippen LogP contribution is 2.44. The fourth-order valence-electron chi connectivity index (χ4n) is 5.55. The number of hydrogen-bond donors (Lipinski definition) is 4. The molecule has 2 unspecified atom stereocenters. The average Bonchev–Trinajstić information content (AvgIpc) is 3.68. The van der Waals surface area contributed by atoms with Crippen molar-refractivity contribution in [3.05, 3.63) is 44.3 Å². The van der Waals surface area contributed by atoms with Crippen LogP contribution in [0.15, 0.2) is 23.1 Å². The van der Waals surface area contributed by atoms with E-state index in [2.05, 4.69) is 26.3 Å². The Hall–Kier alpha value is -4.08. The van der Waals surface area contributed by atoms with Crippen molar-refractivity contribution >= 4 is 46.4 Å². The number of anilines is 1. The van der Waals surface area contributed by atoms with Gasteiger partial charge < -0.3 is 25.8 Å². The molecule has 0 aliphatic heterocycles. The first-order chi connectivity index (χ1) is 20.3. The van der Waals surface area contributed by atoms with Gasteiger partial charge in [-0.25, -0.2) is 4.98 Å². The molecule has 4 N–H and O–H groups in total. The van der Waals surface area contributed by atoms with Crippen molar-refractivity contribution in [2.75, 3.05) is 12.4 Å². The summed E-state index contributed by atoms with van der Waals surface area (Å²) in [5, 5.41) is 8.53. The highest BCUT2D eigenvalue weighted by molar-refractivity contribution is 7.13. The van der Waals surface area contributed by atoms with Crippen LogP contribution in [0, 0.1) is 18.8 Å². The molecule has 4 atom stereocenters. The van der Waals surface area contributed by atoms with Crippen LogP contribution < -0.4 is 26.8 Å². The summed E-state index contributed by atoms with van der Waals surface area (Å²) >= 11 is 0.0880. The minimum Gasteiger partial charge on any atom is -0.353 e. The number of carbonyl (C=O) groups is 5. The van der Waals surface area contributed by atoms with Crippen molar-refractivity contribution in [2.24, 2.45) is 11.8 Å². The highest BCUT2D eigenvalue weighted by atomic mass is 32.1. The molecule has 43 heavy (non-hydrogen) atoms. The number of aryl methyl sites for hydroxylation is 1. The lowest BCUT2D eigenvalue weighted by molar-refractivity contribution is -0.137. The molecule has 2 heterocycles. The molecule has 16 heteroatoms. The summed E-state index contributed by atoms with van der Waals surface area (Å²) in [5.74, 6) is -3.15. The van der Waals surface area contributed by atoms with E-state index >= 15 is 0 Å². The number of nitrogens with one attached hydrogen (secondary N) is 4. The van der Waals surface area contributed by atoms with Gasteiger partial charge in [0.15, 0.2) is 5.01 Å². The minimum absolute atomic E-state index is 0.0705. The zero-order chi connectivity index (χ0) is 31.5. The lowest BCUT2D eigenvalue weighted by Crippen LogP contribution is -2.45. The van der Waals surface area contributed by atoms with Crippen LogP contribution in [-0.2, 0) is 31.9 Å². The van der Waals surface area contributed by atoms with Crippen molar-refractivity contribution in [3.8, 4) is 0 Å². The third-order valence-electron chi connectivity index (χ3n) is 7.68. The fraction of sp³-hybridized carbons (Fsp3) is 0.519. The van der Waals surface area contributed by atoms with Crippen molar-refractivity contribution < 1.29 is 37.1 Å². The van der Waals surface area contributed by atoms with E-state index in [1.165, 1.54) is 32.3 Å². The maximum Gasteiger partial charge on any atom is 0.443 e. The predicted octanol–water partition coefficient (Wildman–Crippen LogP) is 1.77. The number of fused-ring (bicyclic) bond motifs is 2. The Morgan fingerprint density at radius 1 is 1.16 bits per heavy atom. The molecular formula is C27H31F3N6O6S. The summed E-state index contributed by atoms with van der Waals surface area (Å²) < 4.78 is 40.4. The van der Waals surface area contributed by atoms with Crippen LogP contribution in [0.25, 0.3) is 0 Å². The van der Waals surface area contributed by atoms with Crippen molar-refractivity contribution in [3.63, 3.8) is 0 Å². The third kappa shape index (κ3) is 7.66. The maximum absolute atomic E-state index is 13.2. The number of carbonyl (C=O) groups excluding carboxylic acids is 5. The van der Waals surface area contributed by atoms with Gasteiger partial charge in [-0.2, -0.15) is 13.2 Å². The number of amides is 4. The number of likely N-dealkylation sites (N-methyl/N-ethyl adjacent to an activating group) is 1.